The fourth-order valence-electron chi connectivity index (χ4n) is 0.226. The Hall–Kier alpha value is 0.204. The molecule has 0 bridgehead atoms. The van der Waals surface area contributed by atoms with Gasteiger partial charge in [0, 0.05) is 39.1 Å². The number of hydrogen-bond donors (Lipinski definition) is 0. The first-order valence-electron chi connectivity index (χ1n) is 2.37. The van der Waals surface area contributed by atoms with E-state index in [4.69, 9.17) is 11.5 Å². The van der Waals surface area contributed by atoms with Gasteiger partial charge in [-0.2, -0.15) is 7.05 Å². The molecule has 5 heteroatoms. The second-order valence-corrected chi connectivity index (χ2v) is 1.30. The van der Waals surface area contributed by atoms with Crippen LogP contribution in [0.2, 0.25) is 0 Å². The van der Waals surface area contributed by atoms with Crippen molar-refractivity contribution in [2.24, 2.45) is 0 Å². The summed E-state index contributed by atoms with van der Waals surface area (Å²) < 4.78 is 0. The molecular weight excluding hydrogens is 209 g/mol. The number of carbonyl (C=O) groups excluding carboxylic acids is 2. The van der Waals surface area contributed by atoms with Gasteiger partial charge in [-0.1, -0.05) is 0 Å². The first-order valence-corrected chi connectivity index (χ1v) is 2.37. The van der Waals surface area contributed by atoms with Gasteiger partial charge in [-0.05, 0) is 6.92 Å². The van der Waals surface area contributed by atoms with Gasteiger partial charge in [0.2, 0.25) is 0 Å². The summed E-state index contributed by atoms with van der Waals surface area (Å²) in [4.78, 5) is 19.6. The number of ketones is 1. The molecule has 0 unspecified atom stereocenters. The average molecular weight is 219 g/mol. The molecule has 0 saturated heterocycles. The maximum atomic E-state index is 9.91. The van der Waals surface area contributed by atoms with Crippen molar-refractivity contribution in [3.05, 3.63) is 11.5 Å². The normalized spacial score (nSPS) is 6.30. The minimum Gasteiger partial charge on any atom is -0.680 e. The number of rotatable bonds is 2. The molecule has 0 aliphatic rings. The molecule has 2 N–H and O–H groups in total. The zero-order chi connectivity index (χ0) is 7.86. The molecule has 1 amide bonds. The van der Waals surface area contributed by atoms with Crippen LogP contribution >= 0.6 is 0 Å². The van der Waals surface area contributed by atoms with Crippen LogP contribution in [0, 0.1) is 0 Å². The van der Waals surface area contributed by atoms with E-state index in [1.807, 2.05) is 0 Å². The van der Waals surface area contributed by atoms with E-state index in [1.165, 1.54) is 14.0 Å². The third-order valence-corrected chi connectivity index (χ3v) is 0.410. The van der Waals surface area contributed by atoms with Crippen molar-refractivity contribution in [2.45, 2.75) is 13.3 Å². The number of amides is 1. The monoisotopic (exact) mass is 219 g/mol. The van der Waals surface area contributed by atoms with Crippen LogP contribution < -0.4 is 0 Å². The molecule has 1 radical (unpaired) electrons. The minimum atomic E-state index is -0.812. The van der Waals surface area contributed by atoms with Gasteiger partial charge >= 0.3 is 0 Å². The van der Waals surface area contributed by atoms with Crippen molar-refractivity contribution in [3.63, 3.8) is 0 Å². The molecule has 4 nitrogen and oxygen atoms in total. The zero-order valence-electron chi connectivity index (χ0n) is 6.10. The maximum Gasteiger partial charge on any atom is 0.135 e. The van der Waals surface area contributed by atoms with E-state index in [2.05, 4.69) is 0 Å². The minimum absolute atomic E-state index is 0. The standard InChI is InChI=1S/C4H7NO2.CH4N.Y/c1-3(6)2-4(5)7;1-2;/h2H2,1H3,(H2,5,7);2H,1H3;/q;-1;/p-1. The number of hydrogen-bond acceptors (Lipinski definition) is 2. The van der Waals surface area contributed by atoms with Gasteiger partial charge in [-0.15, -0.1) is 0 Å². The summed E-state index contributed by atoms with van der Waals surface area (Å²) >= 11 is 0. The van der Waals surface area contributed by atoms with E-state index in [0.717, 1.165) is 0 Å². The Morgan fingerprint density at radius 2 is 1.60 bits per heavy atom. The molecule has 0 aromatic heterocycles. The largest absolute Gasteiger partial charge is 0.680 e. The van der Waals surface area contributed by atoms with Gasteiger partial charge in [0.15, 0.2) is 0 Å². The molecular formula is C5H10N2O2Y-2. The number of Topliss-reactive ketones (excluding diaryl/α,β-unsaturated/α-hetero) is 1. The van der Waals surface area contributed by atoms with Gasteiger partial charge in [0.05, 0.1) is 5.91 Å². The molecule has 0 heterocycles. The number of nitrogens with one attached hydrogen (secondary N) is 2. The molecule has 0 atom stereocenters. The van der Waals surface area contributed by atoms with Crippen LogP contribution in [-0.2, 0) is 42.3 Å². The Morgan fingerprint density at radius 3 is 1.60 bits per heavy atom. The van der Waals surface area contributed by atoms with Crippen molar-refractivity contribution < 1.29 is 42.3 Å². The van der Waals surface area contributed by atoms with E-state index < -0.39 is 5.91 Å². The molecule has 10 heavy (non-hydrogen) atoms. The van der Waals surface area contributed by atoms with Gasteiger partial charge in [-0.3, -0.25) is 4.79 Å². The van der Waals surface area contributed by atoms with Crippen LogP contribution in [0.1, 0.15) is 13.3 Å². The summed E-state index contributed by atoms with van der Waals surface area (Å²) in [5.74, 6) is -1.06. The smallest absolute Gasteiger partial charge is 0.135 e. The van der Waals surface area contributed by atoms with Crippen molar-refractivity contribution in [1.82, 2.24) is 0 Å². The third kappa shape index (κ3) is 24.1. The van der Waals surface area contributed by atoms with Crippen molar-refractivity contribution in [3.8, 4) is 0 Å². The predicted octanol–water partition coefficient (Wildman–Crippen LogP) is 1.21. The van der Waals surface area contributed by atoms with E-state index in [-0.39, 0.29) is 44.9 Å². The summed E-state index contributed by atoms with van der Waals surface area (Å²) in [5, 5.41) is 0. The van der Waals surface area contributed by atoms with Crippen LogP contribution in [-0.4, -0.2) is 18.7 Å². The summed E-state index contributed by atoms with van der Waals surface area (Å²) in [6, 6.07) is 0. The molecule has 0 aliphatic carbocycles. The third-order valence-electron chi connectivity index (χ3n) is 0.410. The van der Waals surface area contributed by atoms with E-state index in [0.29, 0.717) is 0 Å². The molecule has 0 spiro atoms. The summed E-state index contributed by atoms with van der Waals surface area (Å²) in [6.45, 7) is 1.28. The average Bonchev–Trinajstić information content (AvgIpc) is 1.68. The Bertz CT molecular complexity index is 93.8. The summed E-state index contributed by atoms with van der Waals surface area (Å²) in [5.41, 5.74) is 12.0. The molecule has 0 fully saturated rings. The van der Waals surface area contributed by atoms with Crippen LogP contribution in [0.4, 0.5) is 0 Å². The van der Waals surface area contributed by atoms with Crippen LogP contribution in [0.3, 0.4) is 0 Å². The second-order valence-electron chi connectivity index (χ2n) is 1.30. The van der Waals surface area contributed by atoms with Crippen LogP contribution in [0.15, 0.2) is 0 Å². The topological polar surface area (TPSA) is 81.7 Å². The van der Waals surface area contributed by atoms with Gasteiger partial charge < -0.3 is 16.3 Å². The van der Waals surface area contributed by atoms with Crippen molar-refractivity contribution >= 4 is 11.7 Å². The van der Waals surface area contributed by atoms with E-state index in [1.54, 1.807) is 0 Å². The van der Waals surface area contributed by atoms with E-state index in [9.17, 15) is 9.59 Å². The second kappa shape index (κ2) is 11.9. The molecule has 0 aromatic rings. The molecule has 0 aromatic carbocycles. The zero-order valence-corrected chi connectivity index (χ0v) is 8.94. The Kier molecular flexibility index (Phi) is 19.9. The molecule has 57 valence electrons. The quantitative estimate of drug-likeness (QED) is 0.654. The fraction of sp³-hybridized carbons (Fsp3) is 0.600. The predicted molar refractivity (Wildman–Crippen MR) is 34.9 cm³/mol. The fourth-order valence-corrected chi connectivity index (χ4v) is 0.226. The van der Waals surface area contributed by atoms with Gasteiger partial charge in [0.25, 0.3) is 0 Å². The van der Waals surface area contributed by atoms with Crippen molar-refractivity contribution in [1.29, 1.82) is 0 Å². The van der Waals surface area contributed by atoms with Crippen LogP contribution in [0.5, 0.6) is 0 Å². The van der Waals surface area contributed by atoms with E-state index >= 15 is 0 Å². The molecule has 0 saturated carbocycles. The molecule has 0 aliphatic heterocycles. The van der Waals surface area contributed by atoms with Crippen LogP contribution in [0.25, 0.3) is 11.5 Å². The maximum absolute atomic E-state index is 9.91. The first kappa shape index (κ1) is 16.7. The summed E-state index contributed by atoms with van der Waals surface area (Å²) in [6.07, 6.45) is -0.250. The summed E-state index contributed by atoms with van der Waals surface area (Å²) in [7, 11) is 1.25. The molecule has 0 rings (SSSR count). The van der Waals surface area contributed by atoms with Gasteiger partial charge in [-0.25, -0.2) is 0 Å². The Balaban J connectivity index is -0.000000149. The first-order chi connectivity index (χ1) is 4.13. The Labute approximate surface area is 85.6 Å². The SMILES string of the molecule is CC(=O)CC([NH-])=O.C[NH-].[Y]. The number of carbonyl (C=O) groups is 2. The Morgan fingerprint density at radius 1 is 1.30 bits per heavy atom. The van der Waals surface area contributed by atoms with Gasteiger partial charge in [0.1, 0.15) is 5.78 Å². The van der Waals surface area contributed by atoms with Crippen molar-refractivity contribution in [2.75, 3.05) is 7.05 Å².